The Labute approximate surface area is 118 Å². The summed E-state index contributed by atoms with van der Waals surface area (Å²) in [6.45, 7) is 13.0. The monoisotopic (exact) mass is 265 g/mol. The van der Waals surface area contributed by atoms with Crippen molar-refractivity contribution in [3.05, 3.63) is 0 Å². The van der Waals surface area contributed by atoms with Crippen molar-refractivity contribution in [1.82, 2.24) is 4.90 Å². The highest BCUT2D eigenvalue weighted by atomic mass is 16.2. The van der Waals surface area contributed by atoms with Gasteiger partial charge in [0, 0.05) is 19.0 Å². The largest absolute Gasteiger partial charge is 0.340 e. The number of carbonyl (C=O) groups is 1. The lowest BCUT2D eigenvalue weighted by Gasteiger charge is -2.53. The predicted octanol–water partition coefficient (Wildman–Crippen LogP) is 4.24. The molecule has 0 spiro atoms. The minimum atomic E-state index is 0.362. The number of rotatable bonds is 2. The van der Waals surface area contributed by atoms with E-state index in [0.29, 0.717) is 22.8 Å². The zero-order valence-electron chi connectivity index (χ0n) is 13.5. The van der Waals surface area contributed by atoms with Gasteiger partial charge in [0.2, 0.25) is 5.91 Å². The van der Waals surface area contributed by atoms with Gasteiger partial charge in [-0.15, -0.1) is 0 Å². The van der Waals surface area contributed by atoms with Crippen LogP contribution >= 0.6 is 0 Å². The fourth-order valence-corrected chi connectivity index (χ4v) is 4.68. The van der Waals surface area contributed by atoms with E-state index in [4.69, 9.17) is 0 Å². The lowest BCUT2D eigenvalue weighted by atomic mass is 9.54. The van der Waals surface area contributed by atoms with E-state index >= 15 is 0 Å². The Morgan fingerprint density at radius 3 is 2.16 bits per heavy atom. The number of hydrogen-bond acceptors (Lipinski definition) is 1. The molecule has 2 rings (SSSR count). The molecule has 0 aromatic rings. The van der Waals surface area contributed by atoms with Gasteiger partial charge in [0.05, 0.1) is 0 Å². The number of amides is 1. The van der Waals surface area contributed by atoms with Gasteiger partial charge < -0.3 is 4.90 Å². The molecule has 0 radical (unpaired) electrons. The lowest BCUT2D eigenvalue weighted by molar-refractivity contribution is -0.131. The molecular formula is C17H31NO. The first-order valence-electron chi connectivity index (χ1n) is 8.07. The molecule has 19 heavy (non-hydrogen) atoms. The number of likely N-dealkylation sites (tertiary alicyclic amines) is 1. The summed E-state index contributed by atoms with van der Waals surface area (Å²) in [5.74, 6) is 1.13. The average Bonchev–Trinajstić information content (AvgIpc) is 2.74. The Bertz CT molecular complexity index is 332. The molecule has 0 N–H and O–H groups in total. The molecule has 2 heteroatoms. The maximum atomic E-state index is 11.9. The summed E-state index contributed by atoms with van der Waals surface area (Å²) in [7, 11) is 0. The molecule has 110 valence electrons. The van der Waals surface area contributed by atoms with Crippen molar-refractivity contribution in [2.45, 2.75) is 79.2 Å². The molecule has 0 aromatic heterocycles. The van der Waals surface area contributed by atoms with Gasteiger partial charge in [0.15, 0.2) is 0 Å². The van der Waals surface area contributed by atoms with Gasteiger partial charge in [0.1, 0.15) is 0 Å². The molecule has 0 aromatic carbocycles. The third-order valence-corrected chi connectivity index (χ3v) is 6.00. The van der Waals surface area contributed by atoms with Gasteiger partial charge >= 0.3 is 0 Å². The molecule has 1 saturated heterocycles. The quantitative estimate of drug-likeness (QED) is 0.731. The number of hydrogen-bond donors (Lipinski definition) is 0. The molecule has 1 aliphatic heterocycles. The molecule has 1 saturated carbocycles. The van der Waals surface area contributed by atoms with Gasteiger partial charge in [-0.1, -0.05) is 34.6 Å². The van der Waals surface area contributed by atoms with E-state index in [-0.39, 0.29) is 0 Å². The van der Waals surface area contributed by atoms with Crippen LogP contribution in [-0.4, -0.2) is 23.4 Å². The first kappa shape index (κ1) is 14.9. The van der Waals surface area contributed by atoms with E-state index in [1.54, 1.807) is 0 Å². The first-order valence-corrected chi connectivity index (χ1v) is 8.07. The lowest BCUT2D eigenvalue weighted by Crippen LogP contribution is -2.48. The zero-order chi connectivity index (χ0) is 14.3. The average molecular weight is 265 g/mol. The second-order valence-corrected chi connectivity index (χ2v) is 7.98. The van der Waals surface area contributed by atoms with E-state index in [0.717, 1.165) is 25.3 Å². The summed E-state index contributed by atoms with van der Waals surface area (Å²) >= 11 is 0. The SMILES string of the molecule is CC(C)C1(C(C)(C)C)CCC(N2CCCC2=O)CC1. The summed E-state index contributed by atoms with van der Waals surface area (Å²) in [5, 5.41) is 0. The van der Waals surface area contributed by atoms with Crippen LogP contribution in [0.1, 0.15) is 73.1 Å². The standard InChI is InChI=1S/C17H31NO/c1-13(2)17(16(3,4)5)10-8-14(9-11-17)18-12-6-7-15(18)19/h13-14H,6-12H2,1-5H3. The molecule has 0 bridgehead atoms. The number of carbonyl (C=O) groups excluding carboxylic acids is 1. The van der Waals surface area contributed by atoms with Crippen molar-refractivity contribution in [2.75, 3.05) is 6.54 Å². The van der Waals surface area contributed by atoms with Crippen LogP contribution in [0.3, 0.4) is 0 Å². The van der Waals surface area contributed by atoms with Gasteiger partial charge in [-0.25, -0.2) is 0 Å². The van der Waals surface area contributed by atoms with Crippen molar-refractivity contribution in [3.8, 4) is 0 Å². The zero-order valence-corrected chi connectivity index (χ0v) is 13.5. The second kappa shape index (κ2) is 5.10. The molecule has 1 amide bonds. The highest BCUT2D eigenvalue weighted by Gasteiger charge is 2.47. The van der Waals surface area contributed by atoms with E-state index in [1.807, 2.05) is 0 Å². The molecule has 2 aliphatic rings. The number of nitrogens with zero attached hydrogens (tertiary/aromatic N) is 1. The predicted molar refractivity (Wildman–Crippen MR) is 79.9 cm³/mol. The molecule has 1 heterocycles. The van der Waals surface area contributed by atoms with Crippen LogP contribution in [-0.2, 0) is 4.79 Å². The van der Waals surface area contributed by atoms with Crippen LogP contribution in [0.2, 0.25) is 0 Å². The molecule has 0 unspecified atom stereocenters. The van der Waals surface area contributed by atoms with Crippen LogP contribution in [0.15, 0.2) is 0 Å². The van der Waals surface area contributed by atoms with Gasteiger partial charge in [-0.05, 0) is 48.9 Å². The van der Waals surface area contributed by atoms with Gasteiger partial charge in [-0.3, -0.25) is 4.79 Å². The van der Waals surface area contributed by atoms with E-state index < -0.39 is 0 Å². The minimum absolute atomic E-state index is 0.362. The Morgan fingerprint density at radius 1 is 1.21 bits per heavy atom. The van der Waals surface area contributed by atoms with E-state index in [1.165, 1.54) is 25.7 Å². The van der Waals surface area contributed by atoms with Crippen molar-refractivity contribution in [1.29, 1.82) is 0 Å². The van der Waals surface area contributed by atoms with Crippen molar-refractivity contribution < 1.29 is 4.79 Å². The molecular weight excluding hydrogens is 234 g/mol. The molecule has 2 nitrogen and oxygen atoms in total. The van der Waals surface area contributed by atoms with Crippen LogP contribution in [0, 0.1) is 16.7 Å². The molecule has 2 fully saturated rings. The van der Waals surface area contributed by atoms with Gasteiger partial charge in [-0.2, -0.15) is 0 Å². The summed E-state index contributed by atoms with van der Waals surface area (Å²) in [5.41, 5.74) is 0.813. The van der Waals surface area contributed by atoms with Crippen LogP contribution in [0.4, 0.5) is 0 Å². The van der Waals surface area contributed by atoms with E-state index in [2.05, 4.69) is 39.5 Å². The fraction of sp³-hybridized carbons (Fsp3) is 0.941. The summed E-state index contributed by atoms with van der Waals surface area (Å²) in [6.07, 6.45) is 6.84. The third kappa shape index (κ3) is 2.55. The Kier molecular flexibility index (Phi) is 3.99. The van der Waals surface area contributed by atoms with Crippen LogP contribution in [0.5, 0.6) is 0 Å². The third-order valence-electron chi connectivity index (χ3n) is 6.00. The van der Waals surface area contributed by atoms with Crippen molar-refractivity contribution in [3.63, 3.8) is 0 Å². The van der Waals surface area contributed by atoms with Crippen molar-refractivity contribution >= 4 is 5.91 Å². The van der Waals surface area contributed by atoms with Crippen LogP contribution in [0.25, 0.3) is 0 Å². The normalized spacial score (nSPS) is 33.3. The fourth-order valence-electron chi connectivity index (χ4n) is 4.68. The molecule has 0 atom stereocenters. The Morgan fingerprint density at radius 2 is 1.79 bits per heavy atom. The smallest absolute Gasteiger partial charge is 0.222 e. The van der Waals surface area contributed by atoms with Crippen molar-refractivity contribution in [2.24, 2.45) is 16.7 Å². The first-order chi connectivity index (χ1) is 8.78. The molecule has 1 aliphatic carbocycles. The van der Waals surface area contributed by atoms with Gasteiger partial charge in [0.25, 0.3) is 0 Å². The topological polar surface area (TPSA) is 20.3 Å². The minimum Gasteiger partial charge on any atom is -0.340 e. The maximum absolute atomic E-state index is 11.9. The Balaban J connectivity index is 2.06. The summed E-state index contributed by atoms with van der Waals surface area (Å²) < 4.78 is 0. The second-order valence-electron chi connectivity index (χ2n) is 7.98. The highest BCUT2D eigenvalue weighted by Crippen LogP contribution is 2.54. The maximum Gasteiger partial charge on any atom is 0.222 e. The van der Waals surface area contributed by atoms with Crippen LogP contribution < -0.4 is 0 Å². The highest BCUT2D eigenvalue weighted by molar-refractivity contribution is 5.78. The van der Waals surface area contributed by atoms with E-state index in [9.17, 15) is 4.79 Å². The Hall–Kier alpha value is -0.530. The summed E-state index contributed by atoms with van der Waals surface area (Å²) in [6, 6.07) is 0.532. The summed E-state index contributed by atoms with van der Waals surface area (Å²) in [4.78, 5) is 14.1.